The molecule has 25 heavy (non-hydrogen) atoms. The molecule has 1 N–H and O–H groups in total. The monoisotopic (exact) mass is 347 g/mol. The number of piperazine rings is 1. The van der Waals surface area contributed by atoms with Crippen LogP contribution in [0.4, 0.5) is 9.18 Å². The molecule has 1 heterocycles. The maximum absolute atomic E-state index is 12.9. The minimum atomic E-state index is -0.175. The lowest BCUT2D eigenvalue weighted by molar-refractivity contribution is 0.135. The van der Waals surface area contributed by atoms with Gasteiger partial charge in [0.25, 0.3) is 0 Å². The summed E-state index contributed by atoms with van der Waals surface area (Å²) in [6.45, 7) is 4.56. The molecule has 3 rings (SSSR count). The van der Waals surface area contributed by atoms with Gasteiger partial charge in [-0.3, -0.25) is 4.90 Å². The predicted octanol–water partition coefficient (Wildman–Crippen LogP) is 3.42. The number of benzene rings is 1. The zero-order chi connectivity index (χ0) is 17.5. The Morgan fingerprint density at radius 2 is 1.72 bits per heavy atom. The summed E-state index contributed by atoms with van der Waals surface area (Å²) in [5.74, 6) is -0.175. The quantitative estimate of drug-likeness (QED) is 0.886. The Hall–Kier alpha value is -1.62. The van der Waals surface area contributed by atoms with Gasteiger partial charge < -0.3 is 10.2 Å². The van der Waals surface area contributed by atoms with Crippen molar-refractivity contribution in [1.82, 2.24) is 15.1 Å². The highest BCUT2D eigenvalue weighted by molar-refractivity contribution is 5.74. The van der Waals surface area contributed by atoms with Gasteiger partial charge in [-0.25, -0.2) is 9.18 Å². The Kier molecular flexibility index (Phi) is 6.68. The summed E-state index contributed by atoms with van der Waals surface area (Å²) in [5, 5.41) is 3.21. The fourth-order valence-corrected chi connectivity index (χ4v) is 3.85. The largest absolute Gasteiger partial charge is 0.335 e. The number of nitrogens with one attached hydrogen (secondary N) is 1. The van der Waals surface area contributed by atoms with E-state index in [1.54, 1.807) is 0 Å². The lowest BCUT2D eigenvalue weighted by atomic mass is 9.96. The van der Waals surface area contributed by atoms with E-state index in [2.05, 4.69) is 10.2 Å². The second-order valence-electron chi connectivity index (χ2n) is 7.34. The van der Waals surface area contributed by atoms with Crippen LogP contribution in [-0.2, 0) is 6.42 Å². The van der Waals surface area contributed by atoms with E-state index in [0.29, 0.717) is 6.04 Å². The highest BCUT2D eigenvalue weighted by atomic mass is 19.1. The Labute approximate surface area is 150 Å². The maximum Gasteiger partial charge on any atom is 0.317 e. The molecular weight excluding hydrogens is 317 g/mol. The molecule has 1 saturated heterocycles. The molecule has 2 fully saturated rings. The Morgan fingerprint density at radius 3 is 2.40 bits per heavy atom. The number of hydrogen-bond donors (Lipinski definition) is 1. The van der Waals surface area contributed by atoms with Crippen LogP contribution in [0.25, 0.3) is 0 Å². The van der Waals surface area contributed by atoms with Crippen molar-refractivity contribution in [2.75, 3.05) is 32.7 Å². The number of halogens is 1. The molecule has 0 unspecified atom stereocenters. The van der Waals surface area contributed by atoms with Gasteiger partial charge in [-0.05, 0) is 49.9 Å². The zero-order valence-corrected chi connectivity index (χ0v) is 15.1. The van der Waals surface area contributed by atoms with Gasteiger partial charge in [0.2, 0.25) is 0 Å². The number of rotatable bonds is 5. The first-order valence-corrected chi connectivity index (χ1v) is 9.73. The molecule has 2 amide bonds. The van der Waals surface area contributed by atoms with Crippen LogP contribution in [0.1, 0.15) is 44.1 Å². The molecule has 1 saturated carbocycles. The number of hydrogen-bond acceptors (Lipinski definition) is 2. The van der Waals surface area contributed by atoms with E-state index in [-0.39, 0.29) is 11.8 Å². The summed E-state index contributed by atoms with van der Waals surface area (Å²) >= 11 is 0. The normalized spacial score (nSPS) is 19.8. The SMILES string of the molecule is O=C(NC1CCCCC1)N1CCN(CCCc2ccc(F)cc2)CC1. The van der Waals surface area contributed by atoms with Crippen LogP contribution in [0.15, 0.2) is 24.3 Å². The Balaban J connectivity index is 1.32. The molecule has 0 aromatic heterocycles. The molecule has 5 heteroatoms. The molecule has 0 bridgehead atoms. The Bertz CT molecular complexity index is 534. The van der Waals surface area contributed by atoms with Crippen LogP contribution >= 0.6 is 0 Å². The first-order valence-electron chi connectivity index (χ1n) is 9.73. The van der Waals surface area contributed by atoms with Gasteiger partial charge in [0.05, 0.1) is 0 Å². The number of amides is 2. The van der Waals surface area contributed by atoms with Crippen molar-refractivity contribution >= 4 is 6.03 Å². The van der Waals surface area contributed by atoms with E-state index in [0.717, 1.165) is 58.4 Å². The van der Waals surface area contributed by atoms with Gasteiger partial charge in [0, 0.05) is 32.2 Å². The van der Waals surface area contributed by atoms with E-state index in [1.165, 1.54) is 37.0 Å². The van der Waals surface area contributed by atoms with Gasteiger partial charge in [0.1, 0.15) is 5.82 Å². The average molecular weight is 347 g/mol. The van der Waals surface area contributed by atoms with Crippen molar-refractivity contribution in [2.45, 2.75) is 51.0 Å². The Morgan fingerprint density at radius 1 is 1.04 bits per heavy atom. The highest BCUT2D eigenvalue weighted by Gasteiger charge is 2.23. The van der Waals surface area contributed by atoms with Gasteiger partial charge in [-0.15, -0.1) is 0 Å². The van der Waals surface area contributed by atoms with Crippen molar-refractivity contribution in [1.29, 1.82) is 0 Å². The van der Waals surface area contributed by atoms with Crippen molar-refractivity contribution < 1.29 is 9.18 Å². The van der Waals surface area contributed by atoms with E-state index < -0.39 is 0 Å². The number of nitrogens with zero attached hydrogens (tertiary/aromatic N) is 2. The number of aryl methyl sites for hydroxylation is 1. The van der Waals surface area contributed by atoms with E-state index >= 15 is 0 Å². The van der Waals surface area contributed by atoms with Crippen LogP contribution in [-0.4, -0.2) is 54.6 Å². The first kappa shape index (κ1) is 18.2. The smallest absolute Gasteiger partial charge is 0.317 e. The molecule has 1 aromatic carbocycles. The highest BCUT2D eigenvalue weighted by Crippen LogP contribution is 2.17. The van der Waals surface area contributed by atoms with Crippen LogP contribution in [0, 0.1) is 5.82 Å². The summed E-state index contributed by atoms with van der Waals surface area (Å²) < 4.78 is 12.9. The van der Waals surface area contributed by atoms with Crippen molar-refractivity contribution in [3.05, 3.63) is 35.6 Å². The summed E-state index contributed by atoms with van der Waals surface area (Å²) in [4.78, 5) is 16.8. The van der Waals surface area contributed by atoms with E-state index in [9.17, 15) is 9.18 Å². The second kappa shape index (κ2) is 9.18. The van der Waals surface area contributed by atoms with Crippen LogP contribution < -0.4 is 5.32 Å². The number of urea groups is 1. The molecule has 0 radical (unpaired) electrons. The molecule has 1 aromatic rings. The fourth-order valence-electron chi connectivity index (χ4n) is 3.85. The minimum Gasteiger partial charge on any atom is -0.335 e. The maximum atomic E-state index is 12.9. The molecule has 0 atom stereocenters. The van der Waals surface area contributed by atoms with Crippen LogP contribution in [0.3, 0.4) is 0 Å². The third-order valence-electron chi connectivity index (χ3n) is 5.45. The van der Waals surface area contributed by atoms with Crippen LogP contribution in [0.5, 0.6) is 0 Å². The standard InChI is InChI=1S/C20H30FN3O/c21-18-10-8-17(9-11-18)5-4-12-23-13-15-24(16-14-23)20(25)22-19-6-2-1-3-7-19/h8-11,19H,1-7,12-16H2,(H,22,25). The molecule has 138 valence electrons. The topological polar surface area (TPSA) is 35.6 Å². The lowest BCUT2D eigenvalue weighted by Gasteiger charge is -2.36. The van der Waals surface area contributed by atoms with Crippen molar-refractivity contribution in [2.24, 2.45) is 0 Å². The average Bonchev–Trinajstić information content (AvgIpc) is 2.65. The zero-order valence-electron chi connectivity index (χ0n) is 15.1. The summed E-state index contributed by atoms with van der Waals surface area (Å²) in [5.41, 5.74) is 1.19. The molecule has 2 aliphatic rings. The third-order valence-corrected chi connectivity index (χ3v) is 5.45. The molecule has 1 aliphatic carbocycles. The predicted molar refractivity (Wildman–Crippen MR) is 98.1 cm³/mol. The van der Waals surface area contributed by atoms with Crippen LogP contribution in [0.2, 0.25) is 0 Å². The van der Waals surface area contributed by atoms with Crippen molar-refractivity contribution in [3.63, 3.8) is 0 Å². The lowest BCUT2D eigenvalue weighted by Crippen LogP contribution is -2.53. The van der Waals surface area contributed by atoms with E-state index in [1.807, 2.05) is 17.0 Å². The molecule has 0 spiro atoms. The molecular formula is C20H30FN3O. The third kappa shape index (κ3) is 5.70. The summed E-state index contributed by atoms with van der Waals surface area (Å²) in [7, 11) is 0. The van der Waals surface area contributed by atoms with Gasteiger partial charge in [-0.2, -0.15) is 0 Å². The first-order chi connectivity index (χ1) is 12.2. The molecule has 1 aliphatic heterocycles. The molecule has 4 nitrogen and oxygen atoms in total. The van der Waals surface area contributed by atoms with Crippen molar-refractivity contribution in [3.8, 4) is 0 Å². The summed E-state index contributed by atoms with van der Waals surface area (Å²) in [6.07, 6.45) is 8.11. The second-order valence-corrected chi connectivity index (χ2v) is 7.34. The number of carbonyl (C=O) groups excluding carboxylic acids is 1. The van der Waals surface area contributed by atoms with Gasteiger partial charge in [0.15, 0.2) is 0 Å². The van der Waals surface area contributed by atoms with Gasteiger partial charge in [-0.1, -0.05) is 31.4 Å². The minimum absolute atomic E-state index is 0.123. The van der Waals surface area contributed by atoms with E-state index in [4.69, 9.17) is 0 Å². The number of carbonyl (C=O) groups is 1. The van der Waals surface area contributed by atoms with Gasteiger partial charge >= 0.3 is 6.03 Å². The fraction of sp³-hybridized carbons (Fsp3) is 0.650. The summed E-state index contributed by atoms with van der Waals surface area (Å²) in [6, 6.07) is 7.29.